The van der Waals surface area contributed by atoms with Crippen LogP contribution in [0.5, 0.6) is 0 Å². The molecular weight excluding hydrogens is 1050 g/mol. The zero-order chi connectivity index (χ0) is 60.5. The first kappa shape index (κ1) is 82.0. The zero-order valence-corrected chi connectivity index (χ0v) is 57.6. The molecule has 2 atom stereocenters. The van der Waals surface area contributed by atoms with Gasteiger partial charge in [0.05, 0.1) is 27.7 Å². The van der Waals surface area contributed by atoms with Gasteiger partial charge in [-0.05, 0) is 12.8 Å². The summed E-state index contributed by atoms with van der Waals surface area (Å²) in [5.74, 6) is -0.802. The van der Waals surface area contributed by atoms with Crippen LogP contribution in [0.2, 0.25) is 0 Å². The molecule has 0 aromatic heterocycles. The van der Waals surface area contributed by atoms with Gasteiger partial charge in [-0.25, -0.2) is 0 Å². The van der Waals surface area contributed by atoms with Gasteiger partial charge in [0.25, 0.3) is 7.82 Å². The second-order valence-corrected chi connectivity index (χ2v) is 28.4. The number of unbranched alkanes of at least 4 members (excludes halogenated alkanes) is 57. The standard InChI is InChI=1S/C73H146NO8P/c1-6-8-10-12-14-16-18-20-22-24-26-28-30-32-33-34-35-36-37-38-39-40-42-44-46-48-50-52-54-56-58-60-62-64-66-73(76)82-71(70-81-83(77,78)80-68-67-74(3,4)5)69-79-72(75)65-63-61-59-57-55-53-51-49-47-45-43-41-31-29-27-25-23-21-19-17-15-13-11-9-7-2/h71H,6-70H2,1-5H3. The molecule has 0 bridgehead atoms. The Morgan fingerprint density at radius 1 is 0.325 bits per heavy atom. The van der Waals surface area contributed by atoms with Gasteiger partial charge >= 0.3 is 11.9 Å². The van der Waals surface area contributed by atoms with Gasteiger partial charge in [-0.15, -0.1) is 0 Å². The first-order chi connectivity index (χ1) is 40.5. The molecule has 0 aliphatic heterocycles. The summed E-state index contributed by atoms with van der Waals surface area (Å²) in [6, 6.07) is 0. The fourth-order valence-electron chi connectivity index (χ4n) is 11.7. The monoisotopic (exact) mass is 1200 g/mol. The largest absolute Gasteiger partial charge is 0.756 e. The molecule has 0 fully saturated rings. The Morgan fingerprint density at radius 2 is 0.542 bits per heavy atom. The number of nitrogens with zero attached hydrogens (tertiary/aromatic N) is 1. The molecule has 0 aromatic rings. The van der Waals surface area contributed by atoms with Crippen LogP contribution in [-0.4, -0.2) is 70.0 Å². The fourth-order valence-corrected chi connectivity index (χ4v) is 12.4. The van der Waals surface area contributed by atoms with Crippen LogP contribution in [0.25, 0.3) is 0 Å². The van der Waals surface area contributed by atoms with Crippen molar-refractivity contribution in [2.75, 3.05) is 47.5 Å². The van der Waals surface area contributed by atoms with E-state index in [0.29, 0.717) is 17.4 Å². The Balaban J connectivity index is 3.92. The topological polar surface area (TPSA) is 111 Å². The SMILES string of the molecule is CCCCCCCCCCCCCCCCCCCCCCCCCCCCCCCCCCCCC(=O)OC(COC(=O)CCCCCCCCCCCCCCCCCCCCCCCCCCC)COP(=O)([O-])OCC[N+](C)(C)C. The molecule has 0 radical (unpaired) electrons. The number of phosphoric acid groups is 1. The number of carbonyl (C=O) groups is 2. The van der Waals surface area contributed by atoms with E-state index in [2.05, 4.69) is 13.8 Å². The van der Waals surface area contributed by atoms with E-state index in [0.717, 1.165) is 32.1 Å². The smallest absolute Gasteiger partial charge is 0.306 e. The second-order valence-electron chi connectivity index (χ2n) is 27.0. The number of quaternary nitrogens is 1. The lowest BCUT2D eigenvalue weighted by Gasteiger charge is -2.28. The van der Waals surface area contributed by atoms with Gasteiger partial charge in [0, 0.05) is 12.8 Å². The van der Waals surface area contributed by atoms with Crippen LogP contribution in [-0.2, 0) is 32.7 Å². The van der Waals surface area contributed by atoms with E-state index < -0.39 is 26.5 Å². The van der Waals surface area contributed by atoms with Crippen LogP contribution in [0.1, 0.15) is 406 Å². The summed E-state index contributed by atoms with van der Waals surface area (Å²) in [6.07, 6.45) is 79.3. The highest BCUT2D eigenvalue weighted by Crippen LogP contribution is 2.38. The number of hydrogen-bond donors (Lipinski definition) is 0. The molecule has 83 heavy (non-hydrogen) atoms. The second kappa shape index (κ2) is 65.5. The molecule has 0 rings (SSSR count). The lowest BCUT2D eigenvalue weighted by molar-refractivity contribution is -0.870. The van der Waals surface area contributed by atoms with Gasteiger partial charge < -0.3 is 27.9 Å². The Kier molecular flexibility index (Phi) is 64.7. The van der Waals surface area contributed by atoms with Crippen molar-refractivity contribution in [1.29, 1.82) is 0 Å². The Bertz CT molecular complexity index is 1360. The van der Waals surface area contributed by atoms with E-state index in [9.17, 15) is 19.0 Å². The van der Waals surface area contributed by atoms with E-state index >= 15 is 0 Å². The average molecular weight is 1200 g/mol. The number of phosphoric ester groups is 1. The van der Waals surface area contributed by atoms with Crippen LogP contribution in [0.3, 0.4) is 0 Å². The van der Waals surface area contributed by atoms with E-state index in [4.69, 9.17) is 18.5 Å². The summed E-state index contributed by atoms with van der Waals surface area (Å²) >= 11 is 0. The molecule has 496 valence electrons. The number of rotatable bonds is 71. The number of hydrogen-bond acceptors (Lipinski definition) is 8. The summed E-state index contributed by atoms with van der Waals surface area (Å²) in [6.45, 7) is 4.34. The van der Waals surface area contributed by atoms with Crippen LogP contribution in [0.4, 0.5) is 0 Å². The van der Waals surface area contributed by atoms with Crippen molar-refractivity contribution in [3.8, 4) is 0 Å². The molecule has 0 aromatic carbocycles. The Labute approximate surface area is 518 Å². The summed E-state index contributed by atoms with van der Waals surface area (Å²) in [4.78, 5) is 38.1. The average Bonchev–Trinajstić information content (AvgIpc) is 3.49. The third kappa shape index (κ3) is 70.0. The fraction of sp³-hybridized carbons (Fsp3) is 0.973. The third-order valence-corrected chi connectivity index (χ3v) is 18.3. The number of ether oxygens (including phenoxy) is 2. The van der Waals surface area contributed by atoms with Crippen molar-refractivity contribution < 1.29 is 42.1 Å². The highest BCUT2D eigenvalue weighted by molar-refractivity contribution is 7.45. The lowest BCUT2D eigenvalue weighted by atomic mass is 10.0. The van der Waals surface area contributed by atoms with E-state index in [-0.39, 0.29) is 32.0 Å². The third-order valence-electron chi connectivity index (χ3n) is 17.4. The Hall–Kier alpha value is -0.990. The molecule has 0 saturated carbocycles. The van der Waals surface area contributed by atoms with Gasteiger partial charge in [0.2, 0.25) is 0 Å². The quantitative estimate of drug-likeness (QED) is 0.0256. The normalized spacial score (nSPS) is 13.0. The first-order valence-corrected chi connectivity index (χ1v) is 38.7. The molecule has 0 amide bonds. The zero-order valence-electron chi connectivity index (χ0n) is 56.7. The van der Waals surface area contributed by atoms with Crippen molar-refractivity contribution in [2.24, 2.45) is 0 Å². The summed E-state index contributed by atoms with van der Waals surface area (Å²) in [7, 11) is 1.20. The molecule has 10 heteroatoms. The van der Waals surface area contributed by atoms with Gasteiger partial charge in [-0.2, -0.15) is 0 Å². The van der Waals surface area contributed by atoms with Crippen LogP contribution < -0.4 is 4.89 Å². The lowest BCUT2D eigenvalue weighted by Crippen LogP contribution is -2.37. The van der Waals surface area contributed by atoms with E-state index in [1.807, 2.05) is 21.1 Å². The summed E-state index contributed by atoms with van der Waals surface area (Å²) < 4.78 is 34.4. The molecule has 2 unspecified atom stereocenters. The minimum absolute atomic E-state index is 0.0247. The predicted octanol–water partition coefficient (Wildman–Crippen LogP) is 23.5. The van der Waals surface area contributed by atoms with E-state index in [1.54, 1.807) is 0 Å². The van der Waals surface area contributed by atoms with Gasteiger partial charge in [-0.1, -0.05) is 380 Å². The minimum atomic E-state index is -4.64. The maximum atomic E-state index is 12.9. The van der Waals surface area contributed by atoms with Gasteiger partial charge in [0.1, 0.15) is 19.8 Å². The highest BCUT2D eigenvalue weighted by Gasteiger charge is 2.22. The molecular formula is C73H146NO8P. The minimum Gasteiger partial charge on any atom is -0.756 e. The first-order valence-electron chi connectivity index (χ1n) is 37.2. The van der Waals surface area contributed by atoms with Crippen LogP contribution in [0.15, 0.2) is 0 Å². The van der Waals surface area contributed by atoms with E-state index in [1.165, 1.54) is 340 Å². The van der Waals surface area contributed by atoms with Crippen LogP contribution in [0, 0.1) is 0 Å². The Morgan fingerprint density at radius 3 is 0.771 bits per heavy atom. The molecule has 0 aliphatic carbocycles. The molecule has 9 nitrogen and oxygen atoms in total. The summed E-state index contributed by atoms with van der Waals surface area (Å²) in [5, 5.41) is 0. The van der Waals surface area contributed by atoms with Crippen LogP contribution >= 0.6 is 7.82 Å². The molecule has 0 spiro atoms. The maximum Gasteiger partial charge on any atom is 0.306 e. The maximum absolute atomic E-state index is 12.9. The van der Waals surface area contributed by atoms with Crippen molar-refractivity contribution in [3.63, 3.8) is 0 Å². The van der Waals surface area contributed by atoms with Crippen molar-refractivity contribution in [2.45, 2.75) is 412 Å². The molecule has 0 aliphatic rings. The van der Waals surface area contributed by atoms with Crippen molar-refractivity contribution in [1.82, 2.24) is 0 Å². The van der Waals surface area contributed by atoms with Crippen molar-refractivity contribution in [3.05, 3.63) is 0 Å². The number of carbonyl (C=O) groups excluding carboxylic acids is 2. The van der Waals surface area contributed by atoms with Crippen molar-refractivity contribution >= 4 is 19.8 Å². The predicted molar refractivity (Wildman–Crippen MR) is 356 cm³/mol. The molecule has 0 N–H and O–H groups in total. The number of likely N-dealkylation sites (N-methyl/N-ethyl adjacent to an activating group) is 1. The molecule has 0 heterocycles. The van der Waals surface area contributed by atoms with Gasteiger partial charge in [0.15, 0.2) is 6.10 Å². The van der Waals surface area contributed by atoms with Gasteiger partial charge in [-0.3, -0.25) is 14.2 Å². The highest BCUT2D eigenvalue weighted by atomic mass is 31.2. The summed E-state index contributed by atoms with van der Waals surface area (Å²) in [5.41, 5.74) is 0. The molecule has 0 saturated heterocycles. The number of esters is 2.